The van der Waals surface area contributed by atoms with E-state index in [2.05, 4.69) is 5.32 Å². The lowest BCUT2D eigenvalue weighted by atomic mass is 10.1. The van der Waals surface area contributed by atoms with Crippen LogP contribution in [0.2, 0.25) is 0 Å². The van der Waals surface area contributed by atoms with E-state index >= 15 is 0 Å². The zero-order chi connectivity index (χ0) is 21.3. The summed E-state index contributed by atoms with van der Waals surface area (Å²) in [5, 5.41) is 11.4. The summed E-state index contributed by atoms with van der Waals surface area (Å²) in [6, 6.07) is 12.1. The third-order valence-electron chi connectivity index (χ3n) is 4.92. The van der Waals surface area contributed by atoms with Gasteiger partial charge in [0.05, 0.1) is 12.0 Å². The first-order valence-corrected chi connectivity index (χ1v) is 9.54. The average molecular weight is 405 g/mol. The molecule has 7 heteroatoms. The van der Waals surface area contributed by atoms with Crippen LogP contribution < -0.4 is 15.5 Å². The number of rotatable bonds is 4. The van der Waals surface area contributed by atoms with E-state index in [1.54, 1.807) is 0 Å². The van der Waals surface area contributed by atoms with Crippen LogP contribution in [0.1, 0.15) is 30.2 Å². The second kappa shape index (κ2) is 7.87. The second-order valence-corrected chi connectivity index (χ2v) is 6.85. The number of amides is 1. The van der Waals surface area contributed by atoms with E-state index in [1.807, 2.05) is 37.3 Å². The molecule has 1 aliphatic rings. The van der Waals surface area contributed by atoms with Crippen molar-refractivity contribution in [3.63, 3.8) is 0 Å². The Morgan fingerprint density at radius 1 is 1.20 bits per heavy atom. The number of carbonyl (C=O) groups is 2. The van der Waals surface area contributed by atoms with Crippen LogP contribution in [0.25, 0.3) is 22.6 Å². The van der Waals surface area contributed by atoms with Gasteiger partial charge in [0.25, 0.3) is 0 Å². The Balaban J connectivity index is 1.79. The number of hydrogen-bond donors (Lipinski definition) is 2. The Kier molecular flexibility index (Phi) is 5.10. The molecule has 1 amide bonds. The average Bonchev–Trinajstić information content (AvgIpc) is 3.12. The number of para-hydroxylation sites is 1. The number of nitrogens with one attached hydrogen (secondary N) is 1. The molecule has 0 spiro atoms. The van der Waals surface area contributed by atoms with Crippen molar-refractivity contribution in [2.75, 3.05) is 11.9 Å². The van der Waals surface area contributed by atoms with Gasteiger partial charge < -0.3 is 19.6 Å². The van der Waals surface area contributed by atoms with Crippen molar-refractivity contribution < 1.29 is 23.8 Å². The number of hydrogen-bond acceptors (Lipinski definition) is 5. The molecule has 1 aromatic heterocycles. The van der Waals surface area contributed by atoms with Gasteiger partial charge in [0.15, 0.2) is 5.43 Å². The van der Waals surface area contributed by atoms with E-state index in [9.17, 15) is 14.4 Å². The summed E-state index contributed by atoms with van der Waals surface area (Å²) in [6.07, 6.45) is 3.20. The normalized spacial score (nSPS) is 14.0. The van der Waals surface area contributed by atoms with Gasteiger partial charge in [0.2, 0.25) is 0 Å². The van der Waals surface area contributed by atoms with Crippen molar-refractivity contribution in [2.24, 2.45) is 0 Å². The molecule has 0 radical (unpaired) electrons. The molecule has 1 aliphatic carbocycles. The lowest BCUT2D eigenvalue weighted by Gasteiger charge is -2.09. The van der Waals surface area contributed by atoms with Gasteiger partial charge in [-0.3, -0.25) is 9.59 Å². The second-order valence-electron chi connectivity index (χ2n) is 6.85. The van der Waals surface area contributed by atoms with Gasteiger partial charge in [-0.2, -0.15) is 0 Å². The molecule has 0 unspecified atom stereocenters. The van der Waals surface area contributed by atoms with Crippen molar-refractivity contribution in [3.05, 3.63) is 69.6 Å². The van der Waals surface area contributed by atoms with Crippen LogP contribution in [0.4, 0.5) is 5.69 Å². The number of carbonyl (C=O) groups excluding carboxylic acids is 1. The third-order valence-corrected chi connectivity index (χ3v) is 4.92. The minimum absolute atomic E-state index is 0.121. The first-order valence-electron chi connectivity index (χ1n) is 9.54. The molecule has 0 atom stereocenters. The zero-order valence-electron chi connectivity index (χ0n) is 16.2. The zero-order valence-corrected chi connectivity index (χ0v) is 16.2. The van der Waals surface area contributed by atoms with Crippen LogP contribution in [0.15, 0.2) is 51.7 Å². The third kappa shape index (κ3) is 3.57. The van der Waals surface area contributed by atoms with E-state index in [1.165, 1.54) is 18.2 Å². The predicted molar refractivity (Wildman–Crippen MR) is 113 cm³/mol. The van der Waals surface area contributed by atoms with E-state index in [0.717, 1.165) is 16.9 Å². The standard InChI is InChI=1S/C23H19NO6/c1-2-29-18-6-4-3-5-13(18)11-14-7-9-17-20(25)16-10-8-15(24-22(26)23(27)28)12-19(16)30-21(14)17/h3-6,8,10-12H,2,7,9H2,1H3,(H,24,26)(H,27,28)/b14-11-. The molecular weight excluding hydrogens is 386 g/mol. The summed E-state index contributed by atoms with van der Waals surface area (Å²) >= 11 is 0. The first-order chi connectivity index (χ1) is 14.5. The molecule has 0 saturated heterocycles. The van der Waals surface area contributed by atoms with E-state index in [4.69, 9.17) is 14.3 Å². The number of fused-ring (bicyclic) bond motifs is 2. The maximum absolute atomic E-state index is 12.9. The fourth-order valence-electron chi connectivity index (χ4n) is 3.57. The van der Waals surface area contributed by atoms with Gasteiger partial charge in [-0.15, -0.1) is 0 Å². The van der Waals surface area contributed by atoms with Crippen LogP contribution >= 0.6 is 0 Å². The summed E-state index contributed by atoms with van der Waals surface area (Å²) in [6.45, 7) is 2.46. The molecular formula is C23H19NO6. The first kappa shape index (κ1) is 19.4. The molecule has 2 N–H and O–H groups in total. The van der Waals surface area contributed by atoms with E-state index in [0.29, 0.717) is 36.2 Å². The monoisotopic (exact) mass is 405 g/mol. The Labute approximate surface area is 171 Å². The van der Waals surface area contributed by atoms with Crippen LogP contribution in [0.3, 0.4) is 0 Å². The van der Waals surface area contributed by atoms with Gasteiger partial charge in [-0.05, 0) is 49.6 Å². The number of carboxylic acid groups (broad SMARTS) is 1. The fourth-order valence-corrected chi connectivity index (χ4v) is 3.57. The molecule has 7 nitrogen and oxygen atoms in total. The van der Waals surface area contributed by atoms with Crippen molar-refractivity contribution in [2.45, 2.75) is 19.8 Å². The Morgan fingerprint density at radius 3 is 2.77 bits per heavy atom. The number of allylic oxidation sites excluding steroid dienone is 1. The molecule has 1 heterocycles. The highest BCUT2D eigenvalue weighted by molar-refractivity contribution is 6.36. The molecule has 0 bridgehead atoms. The number of carboxylic acids is 1. The van der Waals surface area contributed by atoms with Crippen molar-refractivity contribution in [1.29, 1.82) is 0 Å². The molecule has 3 aromatic rings. The summed E-state index contributed by atoms with van der Waals surface area (Å²) in [5.41, 5.74) is 2.80. The van der Waals surface area contributed by atoms with Crippen molar-refractivity contribution in [3.8, 4) is 5.75 Å². The molecule has 4 rings (SSSR count). The van der Waals surface area contributed by atoms with Gasteiger partial charge >= 0.3 is 11.9 Å². The number of ether oxygens (including phenoxy) is 1. The highest BCUT2D eigenvalue weighted by atomic mass is 16.5. The topological polar surface area (TPSA) is 106 Å². The Bertz CT molecular complexity index is 1250. The predicted octanol–water partition coefficient (Wildman–Crippen LogP) is 3.70. The van der Waals surface area contributed by atoms with Crippen molar-refractivity contribution >= 4 is 40.2 Å². The van der Waals surface area contributed by atoms with Crippen LogP contribution in [-0.4, -0.2) is 23.6 Å². The SMILES string of the molecule is CCOc1ccccc1/C=C1/CCc2c1oc1cc(NC(=O)C(=O)O)ccc1c2=O. The highest BCUT2D eigenvalue weighted by Gasteiger charge is 2.24. The summed E-state index contributed by atoms with van der Waals surface area (Å²) < 4.78 is 11.7. The molecule has 0 saturated carbocycles. The number of anilines is 1. The largest absolute Gasteiger partial charge is 0.493 e. The maximum Gasteiger partial charge on any atom is 0.394 e. The minimum Gasteiger partial charge on any atom is -0.493 e. The summed E-state index contributed by atoms with van der Waals surface area (Å²) in [7, 11) is 0. The molecule has 0 fully saturated rings. The van der Waals surface area contributed by atoms with E-state index < -0.39 is 11.9 Å². The summed E-state index contributed by atoms with van der Waals surface area (Å²) in [4.78, 5) is 35.1. The van der Waals surface area contributed by atoms with E-state index in [-0.39, 0.29) is 16.7 Å². The molecule has 152 valence electrons. The molecule has 30 heavy (non-hydrogen) atoms. The Morgan fingerprint density at radius 2 is 2.00 bits per heavy atom. The highest BCUT2D eigenvalue weighted by Crippen LogP contribution is 2.36. The molecule has 0 aliphatic heterocycles. The van der Waals surface area contributed by atoms with Gasteiger partial charge in [0.1, 0.15) is 17.1 Å². The molecule has 2 aromatic carbocycles. The fraction of sp³-hybridized carbons (Fsp3) is 0.174. The van der Waals surface area contributed by atoms with Crippen LogP contribution in [0.5, 0.6) is 5.75 Å². The van der Waals surface area contributed by atoms with Crippen molar-refractivity contribution in [1.82, 2.24) is 0 Å². The van der Waals surface area contributed by atoms with Crippen LogP contribution in [0, 0.1) is 0 Å². The lowest BCUT2D eigenvalue weighted by Crippen LogP contribution is -2.21. The van der Waals surface area contributed by atoms with Gasteiger partial charge in [-0.1, -0.05) is 18.2 Å². The maximum atomic E-state index is 12.9. The number of benzene rings is 2. The Hall–Kier alpha value is -3.87. The van der Waals surface area contributed by atoms with Gasteiger partial charge in [-0.25, -0.2) is 4.79 Å². The van der Waals surface area contributed by atoms with Gasteiger partial charge in [0, 0.05) is 22.9 Å². The summed E-state index contributed by atoms with van der Waals surface area (Å²) in [5.74, 6) is -1.49. The quantitative estimate of drug-likeness (QED) is 0.641. The van der Waals surface area contributed by atoms with Crippen LogP contribution in [-0.2, 0) is 16.0 Å². The number of aliphatic carboxylic acids is 1. The smallest absolute Gasteiger partial charge is 0.394 e. The lowest BCUT2D eigenvalue weighted by molar-refractivity contribution is -0.147. The minimum atomic E-state index is -1.59.